The fraction of sp³-hybridized carbons (Fsp3) is 0.286. The van der Waals surface area contributed by atoms with Crippen LogP contribution in [0.2, 0.25) is 0 Å². The summed E-state index contributed by atoms with van der Waals surface area (Å²) in [6.45, 7) is 6.46. The van der Waals surface area contributed by atoms with E-state index in [9.17, 15) is 25.4 Å². The van der Waals surface area contributed by atoms with Gasteiger partial charge in [0, 0.05) is 30.8 Å². The number of nitrogens with zero attached hydrogens (tertiary/aromatic N) is 4. The van der Waals surface area contributed by atoms with Crippen LogP contribution in [0.4, 0.5) is 11.4 Å². The van der Waals surface area contributed by atoms with Gasteiger partial charge in [0.1, 0.15) is 5.69 Å². The minimum Gasteiger partial charge on any atom is -0.618 e. The highest BCUT2D eigenvalue weighted by Crippen LogP contribution is 2.15. The molecule has 0 spiro atoms. The molecule has 0 saturated heterocycles. The van der Waals surface area contributed by atoms with Gasteiger partial charge in [0.25, 0.3) is 11.4 Å². The van der Waals surface area contributed by atoms with E-state index < -0.39 is 9.85 Å². The summed E-state index contributed by atoms with van der Waals surface area (Å²) in [5, 5.41) is 31.7. The van der Waals surface area contributed by atoms with E-state index in [1.165, 1.54) is 25.3 Å². The molecule has 0 aliphatic heterocycles. The molecule has 2 rings (SSSR count). The van der Waals surface area contributed by atoms with Crippen LogP contribution >= 0.6 is 0 Å². The molecule has 9 heteroatoms. The van der Waals surface area contributed by atoms with E-state index in [1.54, 1.807) is 27.0 Å². The molecule has 0 aromatic carbocycles. The zero-order valence-corrected chi connectivity index (χ0v) is 13.1. The number of aromatic nitrogens is 2. The first-order chi connectivity index (χ1) is 10.6. The Morgan fingerprint density at radius 1 is 0.957 bits per heavy atom. The normalized spacial score (nSPS) is 9.74. The van der Waals surface area contributed by atoms with Gasteiger partial charge in [-0.2, -0.15) is 4.73 Å². The maximum Gasteiger partial charge on any atom is 0.336 e. The highest BCUT2D eigenvalue weighted by Gasteiger charge is 2.18. The number of hydrogen-bond acceptors (Lipinski definition) is 6. The van der Waals surface area contributed by atoms with E-state index >= 15 is 0 Å². The first-order valence-corrected chi connectivity index (χ1v) is 6.56. The highest BCUT2D eigenvalue weighted by atomic mass is 16.6. The number of hydrogen-bond donors (Lipinski definition) is 0. The van der Waals surface area contributed by atoms with Crippen LogP contribution in [0.5, 0.6) is 0 Å². The maximum atomic E-state index is 11.0. The topological polar surface area (TPSA) is 126 Å². The summed E-state index contributed by atoms with van der Waals surface area (Å²) in [5.41, 5.74) is 1.92. The van der Waals surface area contributed by atoms with E-state index in [-0.39, 0.29) is 17.1 Å². The van der Waals surface area contributed by atoms with Gasteiger partial charge in [-0.25, -0.2) is 0 Å². The van der Waals surface area contributed by atoms with Crippen molar-refractivity contribution in [3.8, 4) is 0 Å². The Balaban J connectivity index is 0.000000231. The largest absolute Gasteiger partial charge is 0.618 e. The molecule has 0 aliphatic carbocycles. The van der Waals surface area contributed by atoms with Crippen LogP contribution < -0.4 is 4.73 Å². The second-order valence-electron chi connectivity index (χ2n) is 4.95. The Bertz CT molecular complexity index is 761. The maximum absolute atomic E-state index is 11.0. The Hall–Kier alpha value is -3.10. The van der Waals surface area contributed by atoms with Gasteiger partial charge in [-0.1, -0.05) is 0 Å². The average molecular weight is 320 g/mol. The van der Waals surface area contributed by atoms with Gasteiger partial charge in [0.2, 0.25) is 0 Å². The summed E-state index contributed by atoms with van der Waals surface area (Å²) in [6, 6.07) is 2.89. The van der Waals surface area contributed by atoms with Crippen molar-refractivity contribution in [1.29, 1.82) is 0 Å². The summed E-state index contributed by atoms with van der Waals surface area (Å²) in [6.07, 6.45) is 2.92. The van der Waals surface area contributed by atoms with Gasteiger partial charge in [0.15, 0.2) is 6.20 Å². The van der Waals surface area contributed by atoms with Crippen LogP contribution in [0, 0.1) is 53.1 Å². The molecule has 2 heterocycles. The first-order valence-electron chi connectivity index (χ1n) is 6.56. The molecular weight excluding hydrogens is 304 g/mol. The molecule has 2 aromatic rings. The van der Waals surface area contributed by atoms with Gasteiger partial charge in [-0.15, -0.1) is 0 Å². The second-order valence-corrected chi connectivity index (χ2v) is 4.95. The molecule has 0 bridgehead atoms. The van der Waals surface area contributed by atoms with Gasteiger partial charge in [-0.3, -0.25) is 25.2 Å². The van der Waals surface area contributed by atoms with Crippen molar-refractivity contribution in [2.75, 3.05) is 0 Å². The standard InChI is InChI=1S/C7H8N2O3.C7H8N2O2/c1-5-3-7(9(11)12)6(2)8(10)4-5;1-5-3-7(9(10)11)6(2)8-4-5/h3-4H,1-2H3;3-4H,1-2H3. The van der Waals surface area contributed by atoms with Crippen LogP contribution in [-0.2, 0) is 0 Å². The Morgan fingerprint density at radius 3 is 1.96 bits per heavy atom. The molecular formula is C14H16N4O5. The summed E-state index contributed by atoms with van der Waals surface area (Å²) in [7, 11) is 0. The zero-order valence-electron chi connectivity index (χ0n) is 13.1. The Labute approximate surface area is 132 Å². The molecule has 0 fully saturated rings. The minimum atomic E-state index is -0.559. The van der Waals surface area contributed by atoms with Crippen molar-refractivity contribution in [3.05, 3.63) is 72.5 Å². The molecule has 23 heavy (non-hydrogen) atoms. The van der Waals surface area contributed by atoms with E-state index in [0.717, 1.165) is 5.56 Å². The van der Waals surface area contributed by atoms with E-state index in [2.05, 4.69) is 4.98 Å². The molecule has 0 N–H and O–H groups in total. The number of pyridine rings is 2. The van der Waals surface area contributed by atoms with Crippen molar-refractivity contribution in [3.63, 3.8) is 0 Å². The predicted molar refractivity (Wildman–Crippen MR) is 81.9 cm³/mol. The van der Waals surface area contributed by atoms with Gasteiger partial charge in [0.05, 0.1) is 9.85 Å². The lowest BCUT2D eigenvalue weighted by Crippen LogP contribution is -2.30. The van der Waals surface area contributed by atoms with Crippen LogP contribution in [0.25, 0.3) is 0 Å². The monoisotopic (exact) mass is 320 g/mol. The van der Waals surface area contributed by atoms with E-state index in [4.69, 9.17) is 0 Å². The van der Waals surface area contributed by atoms with Crippen molar-refractivity contribution in [2.24, 2.45) is 0 Å². The highest BCUT2D eigenvalue weighted by molar-refractivity contribution is 5.36. The van der Waals surface area contributed by atoms with Gasteiger partial charge in [-0.05, 0) is 26.3 Å². The van der Waals surface area contributed by atoms with E-state index in [1.807, 2.05) is 0 Å². The molecule has 0 aliphatic rings. The predicted octanol–water partition coefficient (Wildman–Crippen LogP) is 2.45. The summed E-state index contributed by atoms with van der Waals surface area (Å²) in [5.74, 6) is 0. The number of aryl methyl sites for hydroxylation is 3. The van der Waals surface area contributed by atoms with Gasteiger partial charge < -0.3 is 5.21 Å². The summed E-state index contributed by atoms with van der Waals surface area (Å²) >= 11 is 0. The fourth-order valence-electron chi connectivity index (χ4n) is 1.74. The summed E-state index contributed by atoms with van der Waals surface area (Å²) in [4.78, 5) is 23.6. The van der Waals surface area contributed by atoms with Crippen LogP contribution in [0.15, 0.2) is 24.5 Å². The lowest BCUT2D eigenvalue weighted by Gasteiger charge is -2.01. The average Bonchev–Trinajstić information content (AvgIpc) is 2.45. The van der Waals surface area contributed by atoms with Crippen LogP contribution in [0.1, 0.15) is 22.5 Å². The molecule has 0 saturated carbocycles. The number of nitro groups is 2. The lowest BCUT2D eigenvalue weighted by molar-refractivity contribution is -0.617. The molecule has 122 valence electrons. The van der Waals surface area contributed by atoms with Crippen molar-refractivity contribution in [2.45, 2.75) is 27.7 Å². The van der Waals surface area contributed by atoms with E-state index in [0.29, 0.717) is 16.0 Å². The van der Waals surface area contributed by atoms with Crippen molar-refractivity contribution >= 4 is 11.4 Å². The fourth-order valence-corrected chi connectivity index (χ4v) is 1.74. The third-order valence-electron chi connectivity index (χ3n) is 2.98. The minimum absolute atomic E-state index is 0.0880. The molecule has 0 amide bonds. The first kappa shape index (κ1) is 18.0. The summed E-state index contributed by atoms with van der Waals surface area (Å²) < 4.78 is 0.507. The molecule has 9 nitrogen and oxygen atoms in total. The third-order valence-corrected chi connectivity index (χ3v) is 2.98. The van der Waals surface area contributed by atoms with Crippen LogP contribution in [-0.4, -0.2) is 14.8 Å². The smallest absolute Gasteiger partial charge is 0.336 e. The Morgan fingerprint density at radius 2 is 1.48 bits per heavy atom. The molecule has 0 radical (unpaired) electrons. The zero-order chi connectivity index (χ0) is 17.7. The van der Waals surface area contributed by atoms with Crippen LogP contribution in [0.3, 0.4) is 0 Å². The SMILES string of the molecule is Cc1cc([N+](=O)[O-])c(C)[n+]([O-])c1.Cc1cnc(C)c([N+](=O)[O-])c1. The molecule has 0 atom stereocenters. The third kappa shape index (κ3) is 4.70. The molecule has 2 aromatic heterocycles. The molecule has 0 unspecified atom stereocenters. The van der Waals surface area contributed by atoms with Crippen molar-refractivity contribution < 1.29 is 14.6 Å². The Kier molecular flexibility index (Phi) is 5.66. The van der Waals surface area contributed by atoms with Crippen molar-refractivity contribution in [1.82, 2.24) is 4.98 Å². The lowest BCUT2D eigenvalue weighted by atomic mass is 10.2. The number of rotatable bonds is 2. The second kappa shape index (κ2) is 7.25. The quantitative estimate of drug-likeness (QED) is 0.362. The van der Waals surface area contributed by atoms with Gasteiger partial charge >= 0.3 is 5.69 Å².